The highest BCUT2D eigenvalue weighted by Gasteiger charge is 2.17. The van der Waals surface area contributed by atoms with E-state index < -0.39 is 5.97 Å². The smallest absolute Gasteiger partial charge is 0.341 e. The lowest BCUT2D eigenvalue weighted by Crippen LogP contribution is -2.22. The average molecular weight is 256 g/mol. The van der Waals surface area contributed by atoms with E-state index in [1.54, 1.807) is 6.07 Å². The summed E-state index contributed by atoms with van der Waals surface area (Å²) in [5, 5.41) is 0.372. The Balaban J connectivity index is 1.87. The summed E-state index contributed by atoms with van der Waals surface area (Å²) in [6.07, 6.45) is 4.84. The lowest BCUT2D eigenvalue weighted by molar-refractivity contribution is 0.0185. The molecule has 4 nitrogen and oxygen atoms in total. The van der Waals surface area contributed by atoms with Gasteiger partial charge in [-0.3, -0.25) is 4.98 Å². The quantitative estimate of drug-likeness (QED) is 0.778. The number of hydrogen-bond donors (Lipinski definition) is 0. The zero-order valence-electron chi connectivity index (χ0n) is 9.39. The van der Waals surface area contributed by atoms with Gasteiger partial charge >= 0.3 is 5.97 Å². The number of ether oxygens (including phenoxy) is 2. The number of rotatable bonds is 3. The summed E-state index contributed by atoms with van der Waals surface area (Å²) in [6, 6.07) is 1.58. The molecule has 92 valence electrons. The second kappa shape index (κ2) is 5.98. The number of aromatic nitrogens is 1. The van der Waals surface area contributed by atoms with Crippen LogP contribution in [0.25, 0.3) is 0 Å². The van der Waals surface area contributed by atoms with Crippen molar-refractivity contribution in [2.45, 2.75) is 12.8 Å². The average Bonchev–Trinajstić information content (AvgIpc) is 2.38. The van der Waals surface area contributed by atoms with Crippen LogP contribution in [0.15, 0.2) is 18.5 Å². The van der Waals surface area contributed by atoms with Gasteiger partial charge in [0.15, 0.2) is 0 Å². The van der Waals surface area contributed by atoms with Gasteiger partial charge in [-0.05, 0) is 24.8 Å². The Morgan fingerprint density at radius 1 is 1.53 bits per heavy atom. The number of halogens is 1. The van der Waals surface area contributed by atoms with Crippen LogP contribution in [0.3, 0.4) is 0 Å². The maximum atomic E-state index is 11.7. The molecule has 1 fully saturated rings. The molecule has 0 aromatic carbocycles. The van der Waals surface area contributed by atoms with E-state index in [-0.39, 0.29) is 0 Å². The number of carbonyl (C=O) groups is 1. The number of pyridine rings is 1. The highest BCUT2D eigenvalue weighted by Crippen LogP contribution is 2.18. The molecule has 1 saturated heterocycles. The van der Waals surface area contributed by atoms with Gasteiger partial charge in [0.05, 0.1) is 17.2 Å². The minimum atomic E-state index is -0.408. The van der Waals surface area contributed by atoms with Gasteiger partial charge in [0.2, 0.25) is 0 Å². The van der Waals surface area contributed by atoms with Crippen molar-refractivity contribution >= 4 is 17.6 Å². The van der Waals surface area contributed by atoms with E-state index in [9.17, 15) is 4.79 Å². The molecule has 0 N–H and O–H groups in total. The van der Waals surface area contributed by atoms with Crippen LogP contribution in [-0.4, -0.2) is 30.8 Å². The fourth-order valence-corrected chi connectivity index (χ4v) is 1.89. The highest BCUT2D eigenvalue weighted by molar-refractivity contribution is 6.33. The molecule has 0 radical (unpaired) electrons. The summed E-state index contributed by atoms with van der Waals surface area (Å²) >= 11 is 5.88. The second-order valence-corrected chi connectivity index (χ2v) is 4.42. The van der Waals surface area contributed by atoms with Gasteiger partial charge in [0, 0.05) is 25.6 Å². The molecule has 0 spiro atoms. The van der Waals surface area contributed by atoms with E-state index >= 15 is 0 Å². The third-order valence-corrected chi connectivity index (χ3v) is 3.11. The summed E-state index contributed by atoms with van der Waals surface area (Å²) in [5.74, 6) is -0.0160. The highest BCUT2D eigenvalue weighted by atomic mass is 35.5. The van der Waals surface area contributed by atoms with Crippen LogP contribution < -0.4 is 0 Å². The van der Waals surface area contributed by atoms with Crippen LogP contribution in [-0.2, 0) is 9.47 Å². The largest absolute Gasteiger partial charge is 0.462 e. The van der Waals surface area contributed by atoms with Crippen LogP contribution in [0.2, 0.25) is 5.02 Å². The van der Waals surface area contributed by atoms with E-state index in [1.165, 1.54) is 12.4 Å². The lowest BCUT2D eigenvalue weighted by atomic mass is 10.0. The predicted octanol–water partition coefficient (Wildman–Crippen LogP) is 2.32. The summed E-state index contributed by atoms with van der Waals surface area (Å²) in [5.41, 5.74) is 0.321. The Morgan fingerprint density at radius 2 is 2.29 bits per heavy atom. The molecule has 2 heterocycles. The van der Waals surface area contributed by atoms with E-state index in [2.05, 4.69) is 4.98 Å². The lowest BCUT2D eigenvalue weighted by Gasteiger charge is -2.21. The molecule has 1 aromatic heterocycles. The van der Waals surface area contributed by atoms with Gasteiger partial charge in [-0.1, -0.05) is 11.6 Å². The molecule has 0 bridgehead atoms. The molecule has 0 aliphatic carbocycles. The monoisotopic (exact) mass is 255 g/mol. The zero-order chi connectivity index (χ0) is 12.1. The van der Waals surface area contributed by atoms with Crippen LogP contribution >= 0.6 is 11.6 Å². The standard InChI is InChI=1S/C12H14ClNO3/c13-11-1-4-14-7-10(11)12(15)17-8-9-2-5-16-6-3-9/h1,4,7,9H,2-3,5-6,8H2. The summed E-state index contributed by atoms with van der Waals surface area (Å²) in [6.45, 7) is 1.92. The SMILES string of the molecule is O=C(OCC1CCOCC1)c1cnccc1Cl. The van der Waals surface area contributed by atoms with Gasteiger partial charge < -0.3 is 9.47 Å². The first-order valence-electron chi connectivity index (χ1n) is 5.62. The molecule has 5 heteroatoms. The molecule has 1 aliphatic heterocycles. The van der Waals surface area contributed by atoms with Gasteiger partial charge in [-0.15, -0.1) is 0 Å². The van der Waals surface area contributed by atoms with E-state index in [1.807, 2.05) is 0 Å². The van der Waals surface area contributed by atoms with Crippen molar-refractivity contribution in [1.82, 2.24) is 4.98 Å². The first kappa shape index (κ1) is 12.3. The third-order valence-electron chi connectivity index (χ3n) is 2.78. The maximum absolute atomic E-state index is 11.7. The number of hydrogen-bond acceptors (Lipinski definition) is 4. The van der Waals surface area contributed by atoms with Gasteiger partial charge in [0.25, 0.3) is 0 Å². The summed E-state index contributed by atoms with van der Waals surface area (Å²) in [4.78, 5) is 15.6. The zero-order valence-corrected chi connectivity index (χ0v) is 10.2. The molecule has 0 unspecified atom stereocenters. The van der Waals surface area contributed by atoms with E-state index in [0.717, 1.165) is 26.1 Å². The molecular formula is C12H14ClNO3. The normalized spacial score (nSPS) is 16.8. The number of carbonyl (C=O) groups excluding carboxylic acids is 1. The first-order valence-corrected chi connectivity index (χ1v) is 5.99. The predicted molar refractivity (Wildman–Crippen MR) is 63.1 cm³/mol. The fourth-order valence-electron chi connectivity index (χ4n) is 1.71. The van der Waals surface area contributed by atoms with Crippen LogP contribution in [0.4, 0.5) is 0 Å². The van der Waals surface area contributed by atoms with Crippen molar-refractivity contribution in [2.75, 3.05) is 19.8 Å². The van der Waals surface area contributed by atoms with Crippen molar-refractivity contribution in [3.63, 3.8) is 0 Å². The Labute approximate surface area is 105 Å². The molecular weight excluding hydrogens is 242 g/mol. The van der Waals surface area contributed by atoms with Crippen molar-refractivity contribution < 1.29 is 14.3 Å². The van der Waals surface area contributed by atoms with E-state index in [4.69, 9.17) is 21.1 Å². The maximum Gasteiger partial charge on any atom is 0.341 e. The molecule has 1 aliphatic rings. The number of esters is 1. The van der Waals surface area contributed by atoms with Crippen LogP contribution in [0.1, 0.15) is 23.2 Å². The first-order chi connectivity index (χ1) is 8.27. The molecule has 2 rings (SSSR count). The minimum absolute atomic E-state index is 0.321. The molecule has 17 heavy (non-hydrogen) atoms. The molecule has 0 atom stereocenters. The second-order valence-electron chi connectivity index (χ2n) is 4.01. The Kier molecular flexibility index (Phi) is 4.34. The van der Waals surface area contributed by atoms with Crippen LogP contribution in [0, 0.1) is 5.92 Å². The topological polar surface area (TPSA) is 48.4 Å². The van der Waals surface area contributed by atoms with Crippen LogP contribution in [0.5, 0.6) is 0 Å². The summed E-state index contributed by atoms with van der Waals surface area (Å²) in [7, 11) is 0. The molecule has 1 aromatic rings. The Morgan fingerprint density at radius 3 is 3.00 bits per heavy atom. The fraction of sp³-hybridized carbons (Fsp3) is 0.500. The minimum Gasteiger partial charge on any atom is -0.462 e. The summed E-state index contributed by atoms with van der Waals surface area (Å²) < 4.78 is 10.5. The van der Waals surface area contributed by atoms with Crippen molar-refractivity contribution in [1.29, 1.82) is 0 Å². The van der Waals surface area contributed by atoms with Gasteiger partial charge in [-0.25, -0.2) is 4.79 Å². The third kappa shape index (κ3) is 3.41. The van der Waals surface area contributed by atoms with Gasteiger partial charge in [0.1, 0.15) is 0 Å². The van der Waals surface area contributed by atoms with Gasteiger partial charge in [-0.2, -0.15) is 0 Å². The Hall–Kier alpha value is -1.13. The van der Waals surface area contributed by atoms with E-state index in [0.29, 0.717) is 23.1 Å². The van der Waals surface area contributed by atoms with Crippen molar-refractivity contribution in [2.24, 2.45) is 5.92 Å². The molecule has 0 saturated carbocycles. The van der Waals surface area contributed by atoms with Crippen molar-refractivity contribution in [3.8, 4) is 0 Å². The number of nitrogens with zero attached hydrogens (tertiary/aromatic N) is 1. The Bertz CT molecular complexity index is 391. The van der Waals surface area contributed by atoms with Crippen molar-refractivity contribution in [3.05, 3.63) is 29.0 Å². The molecule has 0 amide bonds.